The van der Waals surface area contributed by atoms with Crippen molar-refractivity contribution in [2.45, 2.75) is 6.92 Å². The first-order valence-corrected chi connectivity index (χ1v) is 5.13. The molecule has 3 N–H and O–H groups in total. The van der Waals surface area contributed by atoms with E-state index in [4.69, 9.17) is 22.1 Å². The summed E-state index contributed by atoms with van der Waals surface area (Å²) in [6.07, 6.45) is 0. The molecule has 0 aliphatic carbocycles. The number of aryl methyl sites for hydroxylation is 1. The highest BCUT2D eigenvalue weighted by Gasteiger charge is 1.98. The SMILES string of the molecule is Cc1cc(Cl)nc(NCCOCCN)n1. The molecule has 6 heteroatoms. The summed E-state index contributed by atoms with van der Waals surface area (Å²) < 4.78 is 5.19. The summed E-state index contributed by atoms with van der Waals surface area (Å²) in [4.78, 5) is 8.18. The molecule has 0 aliphatic heterocycles. The molecule has 0 unspecified atom stereocenters. The number of nitrogens with one attached hydrogen (secondary N) is 1. The predicted molar refractivity (Wildman–Crippen MR) is 60.1 cm³/mol. The molecular weight excluding hydrogens is 216 g/mol. The fourth-order valence-corrected chi connectivity index (χ4v) is 1.27. The first kappa shape index (κ1) is 12.2. The third-order valence-corrected chi connectivity index (χ3v) is 1.81. The maximum Gasteiger partial charge on any atom is 0.224 e. The molecule has 0 radical (unpaired) electrons. The Morgan fingerprint density at radius 3 is 2.93 bits per heavy atom. The van der Waals surface area contributed by atoms with Crippen molar-refractivity contribution in [3.05, 3.63) is 16.9 Å². The minimum absolute atomic E-state index is 0.438. The van der Waals surface area contributed by atoms with E-state index in [0.29, 0.717) is 37.4 Å². The van der Waals surface area contributed by atoms with Crippen molar-refractivity contribution in [1.29, 1.82) is 0 Å². The van der Waals surface area contributed by atoms with Crippen LogP contribution in [0.1, 0.15) is 5.69 Å². The number of aromatic nitrogens is 2. The summed E-state index contributed by atoms with van der Waals surface area (Å²) in [5.41, 5.74) is 6.11. The van der Waals surface area contributed by atoms with Crippen LogP contribution in [0.4, 0.5) is 5.95 Å². The average Bonchev–Trinajstić information content (AvgIpc) is 2.16. The van der Waals surface area contributed by atoms with Crippen LogP contribution in [-0.2, 0) is 4.74 Å². The molecule has 0 atom stereocenters. The molecule has 0 saturated heterocycles. The molecule has 1 aromatic heterocycles. The third-order valence-electron chi connectivity index (χ3n) is 1.61. The molecule has 0 amide bonds. The van der Waals surface area contributed by atoms with E-state index in [0.717, 1.165) is 5.69 Å². The van der Waals surface area contributed by atoms with Gasteiger partial charge in [0.15, 0.2) is 0 Å². The van der Waals surface area contributed by atoms with E-state index >= 15 is 0 Å². The molecule has 5 nitrogen and oxygen atoms in total. The average molecular weight is 231 g/mol. The Bertz CT molecular complexity index is 288. The number of nitrogens with zero attached hydrogens (tertiary/aromatic N) is 2. The van der Waals surface area contributed by atoms with E-state index in [-0.39, 0.29) is 0 Å². The lowest BCUT2D eigenvalue weighted by Crippen LogP contribution is -2.15. The summed E-state index contributed by atoms with van der Waals surface area (Å²) in [6, 6.07) is 1.71. The van der Waals surface area contributed by atoms with Gasteiger partial charge in [0.1, 0.15) is 5.15 Å². The number of rotatable bonds is 6. The number of halogens is 1. The Kier molecular flexibility index (Phi) is 5.31. The van der Waals surface area contributed by atoms with Gasteiger partial charge in [0.2, 0.25) is 5.95 Å². The van der Waals surface area contributed by atoms with Crippen molar-refractivity contribution in [3.8, 4) is 0 Å². The van der Waals surface area contributed by atoms with Gasteiger partial charge < -0.3 is 15.8 Å². The van der Waals surface area contributed by atoms with Crippen molar-refractivity contribution in [1.82, 2.24) is 9.97 Å². The summed E-state index contributed by atoms with van der Waals surface area (Å²) in [5, 5.41) is 3.45. The van der Waals surface area contributed by atoms with Gasteiger partial charge in [0.05, 0.1) is 13.2 Å². The fourth-order valence-electron chi connectivity index (χ4n) is 1.03. The van der Waals surface area contributed by atoms with Gasteiger partial charge in [0.25, 0.3) is 0 Å². The predicted octanol–water partition coefficient (Wildman–Crippen LogP) is 0.826. The molecule has 84 valence electrons. The Morgan fingerprint density at radius 1 is 1.47 bits per heavy atom. The quantitative estimate of drug-likeness (QED) is 0.559. The van der Waals surface area contributed by atoms with Crippen LogP contribution in [0, 0.1) is 6.92 Å². The molecule has 1 heterocycles. The first-order valence-electron chi connectivity index (χ1n) is 4.75. The highest BCUT2D eigenvalue weighted by Crippen LogP contribution is 2.08. The Labute approximate surface area is 94.0 Å². The monoisotopic (exact) mass is 230 g/mol. The van der Waals surface area contributed by atoms with Crippen LogP contribution in [0.25, 0.3) is 0 Å². The third kappa shape index (κ3) is 4.92. The molecule has 0 aromatic carbocycles. The highest BCUT2D eigenvalue weighted by molar-refractivity contribution is 6.29. The largest absolute Gasteiger partial charge is 0.378 e. The summed E-state index contributed by atoms with van der Waals surface area (Å²) in [6.45, 7) is 4.18. The number of hydrogen-bond acceptors (Lipinski definition) is 5. The van der Waals surface area contributed by atoms with Crippen molar-refractivity contribution >= 4 is 17.5 Å². The van der Waals surface area contributed by atoms with Gasteiger partial charge >= 0.3 is 0 Å². The Hall–Kier alpha value is -0.910. The normalized spacial score (nSPS) is 10.3. The molecule has 1 aromatic rings. The van der Waals surface area contributed by atoms with Gasteiger partial charge in [-0.2, -0.15) is 0 Å². The van der Waals surface area contributed by atoms with E-state index in [9.17, 15) is 0 Å². The minimum atomic E-state index is 0.438. The second-order valence-corrected chi connectivity index (χ2v) is 3.37. The van der Waals surface area contributed by atoms with E-state index in [2.05, 4.69) is 15.3 Å². The van der Waals surface area contributed by atoms with Crippen molar-refractivity contribution in [2.75, 3.05) is 31.6 Å². The first-order chi connectivity index (χ1) is 7.22. The van der Waals surface area contributed by atoms with Crippen LogP contribution >= 0.6 is 11.6 Å². The molecule has 0 saturated carbocycles. The van der Waals surface area contributed by atoms with E-state index in [1.807, 2.05) is 6.92 Å². The molecule has 0 spiro atoms. The van der Waals surface area contributed by atoms with E-state index in [1.54, 1.807) is 6.07 Å². The van der Waals surface area contributed by atoms with Gasteiger partial charge in [0, 0.05) is 18.8 Å². The van der Waals surface area contributed by atoms with Crippen LogP contribution in [0.2, 0.25) is 5.15 Å². The van der Waals surface area contributed by atoms with Crippen LogP contribution < -0.4 is 11.1 Å². The number of nitrogens with two attached hydrogens (primary N) is 1. The maximum atomic E-state index is 5.77. The van der Waals surface area contributed by atoms with Crippen LogP contribution in [0.15, 0.2) is 6.07 Å². The molecular formula is C9H15ClN4O. The number of anilines is 1. The maximum absolute atomic E-state index is 5.77. The van der Waals surface area contributed by atoms with E-state index < -0.39 is 0 Å². The lowest BCUT2D eigenvalue weighted by molar-refractivity contribution is 0.151. The second kappa shape index (κ2) is 6.55. The second-order valence-electron chi connectivity index (χ2n) is 2.98. The molecule has 0 aliphatic rings. The van der Waals surface area contributed by atoms with Crippen LogP contribution in [-0.4, -0.2) is 36.3 Å². The lowest BCUT2D eigenvalue weighted by atomic mass is 10.5. The van der Waals surface area contributed by atoms with Gasteiger partial charge in [-0.05, 0) is 13.0 Å². The molecule has 1 rings (SSSR count). The van der Waals surface area contributed by atoms with Crippen molar-refractivity contribution in [3.63, 3.8) is 0 Å². The zero-order valence-corrected chi connectivity index (χ0v) is 9.42. The van der Waals surface area contributed by atoms with Gasteiger partial charge in [-0.3, -0.25) is 0 Å². The summed E-state index contributed by atoms with van der Waals surface area (Å²) >= 11 is 5.77. The highest BCUT2D eigenvalue weighted by atomic mass is 35.5. The van der Waals surface area contributed by atoms with Gasteiger partial charge in [-0.15, -0.1) is 0 Å². The number of hydrogen-bond donors (Lipinski definition) is 2. The lowest BCUT2D eigenvalue weighted by Gasteiger charge is -2.06. The number of ether oxygens (including phenoxy) is 1. The summed E-state index contributed by atoms with van der Waals surface area (Å²) in [7, 11) is 0. The molecule has 0 fully saturated rings. The van der Waals surface area contributed by atoms with Crippen molar-refractivity contribution < 1.29 is 4.74 Å². The zero-order valence-electron chi connectivity index (χ0n) is 8.66. The zero-order chi connectivity index (χ0) is 11.1. The van der Waals surface area contributed by atoms with Crippen molar-refractivity contribution in [2.24, 2.45) is 5.73 Å². The smallest absolute Gasteiger partial charge is 0.224 e. The minimum Gasteiger partial charge on any atom is -0.378 e. The Morgan fingerprint density at radius 2 is 2.27 bits per heavy atom. The standard InChI is InChI=1S/C9H15ClN4O/c1-7-6-8(10)14-9(13-7)12-3-5-15-4-2-11/h6H,2-5,11H2,1H3,(H,12,13,14). The molecule has 0 bridgehead atoms. The van der Waals surface area contributed by atoms with Crippen LogP contribution in [0.3, 0.4) is 0 Å². The molecule has 15 heavy (non-hydrogen) atoms. The van der Waals surface area contributed by atoms with Gasteiger partial charge in [-0.25, -0.2) is 9.97 Å². The summed E-state index contributed by atoms with van der Waals surface area (Å²) in [5.74, 6) is 0.524. The topological polar surface area (TPSA) is 73.1 Å². The fraction of sp³-hybridized carbons (Fsp3) is 0.556. The van der Waals surface area contributed by atoms with E-state index in [1.165, 1.54) is 0 Å². The Balaban J connectivity index is 2.31. The van der Waals surface area contributed by atoms with Crippen LogP contribution in [0.5, 0.6) is 0 Å². The van der Waals surface area contributed by atoms with Gasteiger partial charge in [-0.1, -0.05) is 11.6 Å².